The molecule has 1 aliphatic rings. The molecule has 0 saturated carbocycles. The van der Waals surface area contributed by atoms with Crippen LogP contribution in [0.2, 0.25) is 0 Å². The molecule has 2 rings (SSSR count). The number of amides is 1. The van der Waals surface area contributed by atoms with Crippen LogP contribution in [-0.2, 0) is 16.4 Å². The summed E-state index contributed by atoms with van der Waals surface area (Å²) >= 11 is 0. The number of nitrogens with zero attached hydrogens (tertiary/aromatic N) is 4. The molecule has 1 unspecified atom stereocenters. The fourth-order valence-corrected chi connectivity index (χ4v) is 4.07. The molecule has 0 bridgehead atoms. The first-order chi connectivity index (χ1) is 11.6. The van der Waals surface area contributed by atoms with Crippen LogP contribution >= 0.6 is 0 Å². The molecule has 2 heterocycles. The van der Waals surface area contributed by atoms with Gasteiger partial charge in [-0.05, 0) is 32.6 Å². The lowest BCUT2D eigenvalue weighted by Gasteiger charge is -2.32. The summed E-state index contributed by atoms with van der Waals surface area (Å²) in [6.45, 7) is 9.61. The molecule has 1 aromatic heterocycles. The first-order valence-corrected chi connectivity index (χ1v) is 10.7. The predicted molar refractivity (Wildman–Crippen MR) is 97.5 cm³/mol. The summed E-state index contributed by atoms with van der Waals surface area (Å²) < 4.78 is 25.7. The fraction of sp³-hybridized carbons (Fsp3) is 0.812. The van der Waals surface area contributed by atoms with Crippen molar-refractivity contribution >= 4 is 21.7 Å². The van der Waals surface area contributed by atoms with Crippen molar-refractivity contribution < 1.29 is 13.2 Å². The molecule has 1 saturated heterocycles. The molecular formula is C16H29N5O3S. The average molecular weight is 372 g/mol. The third-order valence-corrected chi connectivity index (χ3v) is 5.76. The van der Waals surface area contributed by atoms with Crippen molar-refractivity contribution in [3.63, 3.8) is 0 Å². The molecule has 1 amide bonds. The van der Waals surface area contributed by atoms with Crippen LogP contribution in [0.15, 0.2) is 0 Å². The van der Waals surface area contributed by atoms with E-state index >= 15 is 0 Å². The largest absolute Gasteiger partial charge is 0.347 e. The van der Waals surface area contributed by atoms with Crippen molar-refractivity contribution in [3.8, 4) is 0 Å². The molecule has 0 radical (unpaired) electrons. The molecule has 1 aliphatic heterocycles. The Morgan fingerprint density at radius 2 is 1.96 bits per heavy atom. The van der Waals surface area contributed by atoms with Crippen LogP contribution in [0, 0.1) is 5.92 Å². The van der Waals surface area contributed by atoms with Crippen molar-refractivity contribution in [3.05, 3.63) is 5.82 Å². The number of piperidine rings is 1. The van der Waals surface area contributed by atoms with Gasteiger partial charge in [-0.15, -0.1) is 10.2 Å². The number of carbonyl (C=O) groups is 1. The first kappa shape index (κ1) is 19.7. The maximum Gasteiger partial charge on any atom is 0.289 e. The summed E-state index contributed by atoms with van der Waals surface area (Å²) in [6, 6.07) is 0.00440. The molecule has 8 nitrogen and oxygen atoms in total. The van der Waals surface area contributed by atoms with E-state index in [4.69, 9.17) is 0 Å². The Morgan fingerprint density at radius 1 is 1.28 bits per heavy atom. The lowest BCUT2D eigenvalue weighted by Crippen LogP contribution is -2.43. The summed E-state index contributed by atoms with van der Waals surface area (Å²) in [5, 5.41) is 10.8. The maximum atomic E-state index is 12.4. The zero-order valence-electron chi connectivity index (χ0n) is 15.7. The summed E-state index contributed by atoms with van der Waals surface area (Å²) in [4.78, 5) is 14.4. The molecule has 1 aromatic rings. The van der Waals surface area contributed by atoms with Crippen LogP contribution in [0.25, 0.3) is 0 Å². The molecule has 1 N–H and O–H groups in total. The zero-order valence-corrected chi connectivity index (χ0v) is 16.5. The van der Waals surface area contributed by atoms with Gasteiger partial charge in [0, 0.05) is 31.9 Å². The zero-order chi connectivity index (χ0) is 18.8. The normalized spacial score (nSPS) is 18.8. The van der Waals surface area contributed by atoms with Crippen LogP contribution in [0.3, 0.4) is 0 Å². The van der Waals surface area contributed by atoms with E-state index in [2.05, 4.69) is 29.4 Å². The molecule has 1 fully saturated rings. The van der Waals surface area contributed by atoms with Gasteiger partial charge in [-0.1, -0.05) is 13.8 Å². The average Bonchev–Trinajstić information content (AvgIpc) is 2.88. The molecule has 25 heavy (non-hydrogen) atoms. The van der Waals surface area contributed by atoms with Crippen molar-refractivity contribution in [1.82, 2.24) is 20.1 Å². The number of hydrogen-bond acceptors (Lipinski definition) is 6. The lowest BCUT2D eigenvalue weighted by atomic mass is 10.1. The quantitative estimate of drug-likeness (QED) is 0.804. The molecular weight excluding hydrogens is 342 g/mol. The van der Waals surface area contributed by atoms with Gasteiger partial charge in [0.25, 0.3) is 5.91 Å². The molecule has 0 aliphatic carbocycles. The second kappa shape index (κ2) is 7.72. The van der Waals surface area contributed by atoms with Crippen LogP contribution in [0.5, 0.6) is 0 Å². The molecule has 142 valence electrons. The van der Waals surface area contributed by atoms with Gasteiger partial charge in [-0.25, -0.2) is 8.42 Å². The van der Waals surface area contributed by atoms with Gasteiger partial charge in [-0.2, -0.15) is 0 Å². The number of rotatable bonds is 6. The number of hydrogen-bond donors (Lipinski definition) is 1. The van der Waals surface area contributed by atoms with E-state index in [9.17, 15) is 13.2 Å². The van der Waals surface area contributed by atoms with E-state index in [1.54, 1.807) is 0 Å². The summed E-state index contributed by atoms with van der Waals surface area (Å²) in [6.07, 6.45) is 2.72. The monoisotopic (exact) mass is 371 g/mol. The lowest BCUT2D eigenvalue weighted by molar-refractivity contribution is 0.0927. The van der Waals surface area contributed by atoms with Gasteiger partial charge >= 0.3 is 0 Å². The second-order valence-electron chi connectivity index (χ2n) is 7.50. The Kier molecular flexibility index (Phi) is 6.08. The minimum absolute atomic E-state index is 0.00440. The van der Waals surface area contributed by atoms with Crippen LogP contribution in [-0.4, -0.2) is 59.7 Å². The highest BCUT2D eigenvalue weighted by Gasteiger charge is 2.31. The second-order valence-corrected chi connectivity index (χ2v) is 9.82. The number of sulfone groups is 1. The highest BCUT2D eigenvalue weighted by molar-refractivity contribution is 7.91. The molecule has 1 atom stereocenters. The van der Waals surface area contributed by atoms with E-state index in [1.165, 1.54) is 6.26 Å². The van der Waals surface area contributed by atoms with Crippen molar-refractivity contribution in [2.45, 2.75) is 58.4 Å². The molecule has 0 spiro atoms. The van der Waals surface area contributed by atoms with Crippen LogP contribution in [0.4, 0.5) is 5.95 Å². The van der Waals surface area contributed by atoms with Gasteiger partial charge in [0.2, 0.25) is 11.8 Å². The topological polar surface area (TPSA) is 97.2 Å². The Hall–Kier alpha value is -1.64. The summed E-state index contributed by atoms with van der Waals surface area (Å²) in [5.41, 5.74) is 0. The predicted octanol–water partition coefficient (Wildman–Crippen LogP) is 1.09. The van der Waals surface area contributed by atoms with E-state index in [0.29, 0.717) is 37.9 Å². The Balaban J connectivity index is 2.33. The standard InChI is InChI=1S/C16H29N5O3S/c1-11(2)9-21-14(15(22)17-12(3)4)18-19-16(21)20-8-6-7-13(10-20)25(5,23)24/h11-13H,6-10H2,1-5H3,(H,17,22). The van der Waals surface area contributed by atoms with Gasteiger partial charge in [0.15, 0.2) is 9.84 Å². The minimum Gasteiger partial charge on any atom is -0.347 e. The van der Waals surface area contributed by atoms with Gasteiger partial charge in [0.1, 0.15) is 0 Å². The van der Waals surface area contributed by atoms with Crippen LogP contribution in [0.1, 0.15) is 51.2 Å². The Bertz CT molecular complexity index is 711. The van der Waals surface area contributed by atoms with Crippen molar-refractivity contribution in [2.75, 3.05) is 24.2 Å². The number of aromatic nitrogens is 3. The maximum absolute atomic E-state index is 12.4. The Labute approximate surface area is 149 Å². The third kappa shape index (κ3) is 4.93. The highest BCUT2D eigenvalue weighted by atomic mass is 32.2. The van der Waals surface area contributed by atoms with E-state index in [1.807, 2.05) is 23.3 Å². The van der Waals surface area contributed by atoms with E-state index in [0.717, 1.165) is 6.42 Å². The third-order valence-electron chi connectivity index (χ3n) is 4.17. The number of carbonyl (C=O) groups excluding carboxylic acids is 1. The summed E-state index contributed by atoms with van der Waals surface area (Å²) in [7, 11) is -3.11. The molecule has 9 heteroatoms. The first-order valence-electron chi connectivity index (χ1n) is 8.77. The fourth-order valence-electron chi connectivity index (χ4n) is 3.03. The van der Waals surface area contributed by atoms with Gasteiger partial charge in [0.05, 0.1) is 5.25 Å². The SMILES string of the molecule is CC(C)Cn1c(C(=O)NC(C)C)nnc1N1CCCC(S(C)(=O)=O)C1. The number of nitrogens with one attached hydrogen (secondary N) is 1. The molecule has 0 aromatic carbocycles. The smallest absolute Gasteiger partial charge is 0.289 e. The van der Waals surface area contributed by atoms with E-state index < -0.39 is 15.1 Å². The highest BCUT2D eigenvalue weighted by Crippen LogP contribution is 2.23. The van der Waals surface area contributed by atoms with Crippen molar-refractivity contribution in [2.24, 2.45) is 5.92 Å². The summed E-state index contributed by atoms with van der Waals surface area (Å²) in [5.74, 6) is 0.900. The van der Waals surface area contributed by atoms with Gasteiger partial charge < -0.3 is 10.2 Å². The number of anilines is 1. The van der Waals surface area contributed by atoms with Gasteiger partial charge in [-0.3, -0.25) is 9.36 Å². The minimum atomic E-state index is -3.11. The van der Waals surface area contributed by atoms with Crippen LogP contribution < -0.4 is 10.2 Å². The van der Waals surface area contributed by atoms with Crippen molar-refractivity contribution in [1.29, 1.82) is 0 Å². The van der Waals surface area contributed by atoms with E-state index in [-0.39, 0.29) is 17.8 Å². The Morgan fingerprint density at radius 3 is 2.52 bits per heavy atom.